The number of rotatable bonds is 29. The van der Waals surface area contributed by atoms with Gasteiger partial charge in [0, 0.05) is 23.8 Å². The number of nitrogens with zero attached hydrogens (tertiary/aromatic N) is 3. The molecule has 3 aromatic rings. The first-order valence-electron chi connectivity index (χ1n) is 29.6. The highest BCUT2D eigenvalue weighted by Crippen LogP contribution is 2.37. The highest BCUT2D eigenvalue weighted by atomic mass is 32.1. The second kappa shape index (κ2) is 33.7. The molecule has 1 aromatic heterocycles. The third kappa shape index (κ3) is 20.5. The number of aromatic nitrogens is 1. The van der Waals surface area contributed by atoms with Gasteiger partial charge in [-0.2, -0.15) is 5.10 Å². The number of hydrogen-bond acceptors (Lipinski definition) is 22. The van der Waals surface area contributed by atoms with Gasteiger partial charge < -0.3 is 42.6 Å². The molecule has 0 N–H and O–H groups in total. The number of carbonyl (C=O) groups excluding carboxylic acids is 9. The van der Waals surface area contributed by atoms with Crippen molar-refractivity contribution < 1.29 is 85.8 Å². The van der Waals surface area contributed by atoms with Crippen LogP contribution >= 0.6 is 11.3 Å². The van der Waals surface area contributed by atoms with Gasteiger partial charge in [-0.15, -0.1) is 0 Å². The van der Waals surface area contributed by atoms with Gasteiger partial charge in [0.25, 0.3) is 0 Å². The van der Waals surface area contributed by atoms with E-state index in [1.165, 1.54) is 29.7 Å². The van der Waals surface area contributed by atoms with Crippen LogP contribution in [0.3, 0.4) is 0 Å². The summed E-state index contributed by atoms with van der Waals surface area (Å²) in [7, 11) is 0. The molecule has 0 atom stereocenters. The summed E-state index contributed by atoms with van der Waals surface area (Å²) in [6.07, 6.45) is 13.8. The van der Waals surface area contributed by atoms with E-state index in [2.05, 4.69) is 19.7 Å². The monoisotopic (exact) mass is 1200 g/mol. The summed E-state index contributed by atoms with van der Waals surface area (Å²) in [5.41, 5.74) is 1.02. The molecular weight excluding hydrogens is 1120 g/mol. The number of ether oxygens (including phenoxy) is 9. The number of hydrazone groups is 1. The van der Waals surface area contributed by atoms with E-state index in [-0.39, 0.29) is 110 Å². The van der Waals surface area contributed by atoms with Crippen molar-refractivity contribution in [3.8, 4) is 11.5 Å². The minimum atomic E-state index is -0.612. The predicted octanol–water partition coefficient (Wildman–Crippen LogP) is 9.60. The molecule has 85 heavy (non-hydrogen) atoms. The molecule has 21 nitrogen and oxygen atoms in total. The lowest BCUT2D eigenvalue weighted by Gasteiger charge is -2.30. The molecule has 4 aliphatic carbocycles. The Morgan fingerprint density at radius 3 is 1.38 bits per heavy atom. The van der Waals surface area contributed by atoms with Gasteiger partial charge in [-0.3, -0.25) is 28.8 Å². The van der Waals surface area contributed by atoms with E-state index in [4.69, 9.17) is 52.7 Å². The van der Waals surface area contributed by atoms with Crippen molar-refractivity contribution in [3.05, 3.63) is 86.0 Å². The second-order valence-electron chi connectivity index (χ2n) is 21.7. The number of esters is 9. The Labute approximate surface area is 498 Å². The largest absolute Gasteiger partial charge is 0.465 e. The van der Waals surface area contributed by atoms with E-state index in [0.717, 1.165) is 28.4 Å². The quantitative estimate of drug-likeness (QED) is 0.0119. The Kier molecular flexibility index (Phi) is 25.7. The molecule has 0 amide bonds. The lowest BCUT2D eigenvalue weighted by molar-refractivity contribution is -0.161. The Hall–Kier alpha value is -7.75. The van der Waals surface area contributed by atoms with Gasteiger partial charge in [0.2, 0.25) is 5.13 Å². The number of benzene rings is 2. The van der Waals surface area contributed by atoms with Crippen LogP contribution in [0.1, 0.15) is 134 Å². The van der Waals surface area contributed by atoms with Crippen molar-refractivity contribution >= 4 is 86.6 Å². The third-order valence-electron chi connectivity index (χ3n) is 15.7. The first-order valence-corrected chi connectivity index (χ1v) is 30.4. The predicted molar refractivity (Wildman–Crippen MR) is 311 cm³/mol. The van der Waals surface area contributed by atoms with Gasteiger partial charge in [0.15, 0.2) is 0 Å². The molecule has 4 fully saturated rings. The highest BCUT2D eigenvalue weighted by Gasteiger charge is 2.37. The Bertz CT molecular complexity index is 2820. The van der Waals surface area contributed by atoms with E-state index in [1.807, 2.05) is 24.3 Å². The van der Waals surface area contributed by atoms with E-state index in [1.54, 1.807) is 11.1 Å². The third-order valence-corrected chi connectivity index (χ3v) is 16.8. The summed E-state index contributed by atoms with van der Waals surface area (Å²) in [6.45, 7) is 11.1. The maximum absolute atomic E-state index is 13.9. The Morgan fingerprint density at radius 2 is 0.906 bits per heavy atom. The van der Waals surface area contributed by atoms with Gasteiger partial charge in [-0.05, 0) is 159 Å². The molecule has 0 spiro atoms. The summed E-state index contributed by atoms with van der Waals surface area (Å²) < 4.78 is 50.8. The number of carbonyl (C=O) groups is 9. The van der Waals surface area contributed by atoms with Gasteiger partial charge >= 0.3 is 53.7 Å². The van der Waals surface area contributed by atoms with Crippen LogP contribution in [0.2, 0.25) is 0 Å². The summed E-state index contributed by atoms with van der Waals surface area (Å²) in [6, 6.07) is 12.1. The van der Waals surface area contributed by atoms with Crippen molar-refractivity contribution in [2.75, 3.05) is 44.6 Å². The molecule has 0 aliphatic heterocycles. The van der Waals surface area contributed by atoms with Crippen LogP contribution in [0.15, 0.2) is 85.5 Å². The Balaban J connectivity index is 0.910. The fourth-order valence-electron chi connectivity index (χ4n) is 10.7. The highest BCUT2D eigenvalue weighted by molar-refractivity contribution is 7.22. The fourth-order valence-corrected chi connectivity index (χ4v) is 11.7. The molecule has 458 valence electrons. The van der Waals surface area contributed by atoms with Crippen LogP contribution in [0.25, 0.3) is 10.2 Å². The van der Waals surface area contributed by atoms with Crippen LogP contribution in [-0.2, 0) is 76.3 Å². The van der Waals surface area contributed by atoms with Crippen molar-refractivity contribution in [1.82, 2.24) is 4.98 Å². The van der Waals surface area contributed by atoms with Gasteiger partial charge in [0.1, 0.15) is 30.3 Å². The summed E-state index contributed by atoms with van der Waals surface area (Å²) >= 11 is 1.37. The van der Waals surface area contributed by atoms with Crippen LogP contribution < -0.4 is 14.5 Å². The molecule has 2 aromatic carbocycles. The SMILES string of the molecule is C=CC(=O)OCCCCOC(=O)C1CCC(OC(=O)C2CCC(C(=O)Oc3ccc(OC(=O)C4CCC(C(=O)OC5CCC(C(=O)OCCCCOC(=O)C=C)CC5)CC4)c(/C=N/N(CCOC(=O)C=C)c4nc5ccccc5s4)c3)CC2)CC1. The summed E-state index contributed by atoms with van der Waals surface area (Å²) in [5, 5.41) is 6.78. The van der Waals surface area contributed by atoms with Gasteiger partial charge in [-0.1, -0.05) is 43.2 Å². The van der Waals surface area contributed by atoms with E-state index in [0.29, 0.717) is 134 Å². The van der Waals surface area contributed by atoms with Crippen molar-refractivity contribution in [2.45, 2.75) is 141 Å². The molecule has 0 radical (unpaired) electrons. The number of thiazole rings is 1. The topological polar surface area (TPSA) is 265 Å². The second-order valence-corrected chi connectivity index (χ2v) is 22.7. The number of anilines is 1. The van der Waals surface area contributed by atoms with Crippen molar-refractivity contribution in [3.63, 3.8) is 0 Å². The lowest BCUT2D eigenvalue weighted by atomic mass is 9.82. The van der Waals surface area contributed by atoms with Crippen LogP contribution in [0.4, 0.5) is 5.13 Å². The minimum Gasteiger partial charge on any atom is -0.465 e. The number of para-hydroxylation sites is 1. The fraction of sp³-hybridized carbons (Fsp3) is 0.540. The zero-order valence-electron chi connectivity index (χ0n) is 48.1. The average Bonchev–Trinajstić information content (AvgIpc) is 4.25. The van der Waals surface area contributed by atoms with E-state index in [9.17, 15) is 43.2 Å². The van der Waals surface area contributed by atoms with Crippen LogP contribution in [0.5, 0.6) is 11.5 Å². The molecular formula is C63H77N3O18S. The first-order chi connectivity index (χ1) is 41.2. The number of unbranched alkanes of at least 4 members (excludes halogenated alkanes) is 2. The molecule has 4 saturated carbocycles. The first kappa shape index (κ1) is 64.8. The summed E-state index contributed by atoms with van der Waals surface area (Å²) in [5.74, 6) is -5.89. The van der Waals surface area contributed by atoms with Crippen LogP contribution in [-0.4, -0.2) is 117 Å². The normalized spacial score (nSPS) is 22.1. The molecule has 0 saturated heterocycles. The number of fused-ring (bicyclic) bond motifs is 1. The molecule has 0 bridgehead atoms. The van der Waals surface area contributed by atoms with Gasteiger partial charge in [0.05, 0.1) is 84.9 Å². The lowest BCUT2D eigenvalue weighted by Crippen LogP contribution is -2.33. The molecule has 7 rings (SSSR count). The zero-order chi connectivity index (χ0) is 60.5. The molecule has 22 heteroatoms. The van der Waals surface area contributed by atoms with Gasteiger partial charge in [-0.25, -0.2) is 24.4 Å². The standard InChI is InChI=1S/C63H77N3O18S/c1-4-54(67)76-34-9-11-36-79-57(70)41-23-27-48(28-24-41)81-59(72)43-15-17-45(18-16-43)61(74)83-50-31-32-52(47(39-50)40-64-66(33-38-78-56(69)6-3)63-65-51-13-7-8-14-53(51)85-63)84-62(75)46-21-19-44(20-22-46)60(73)82-49-29-25-42(26-30-49)58(71)80-37-12-10-35-77-55(68)5-2/h4-8,13-14,31-32,39-46,48-49H,1-3,9-12,15-30,33-38H2/b64-40+. The summed E-state index contributed by atoms with van der Waals surface area (Å²) in [4.78, 5) is 119. The maximum atomic E-state index is 13.9. The zero-order valence-corrected chi connectivity index (χ0v) is 48.9. The molecule has 0 unspecified atom stereocenters. The van der Waals surface area contributed by atoms with Crippen LogP contribution in [0, 0.1) is 35.5 Å². The average molecular weight is 1200 g/mol. The smallest absolute Gasteiger partial charge is 0.330 e. The Morgan fingerprint density at radius 1 is 0.494 bits per heavy atom. The molecule has 1 heterocycles. The van der Waals surface area contributed by atoms with E-state index < -0.39 is 47.6 Å². The maximum Gasteiger partial charge on any atom is 0.330 e. The van der Waals surface area contributed by atoms with E-state index >= 15 is 0 Å². The number of hydrogen-bond donors (Lipinski definition) is 0. The van der Waals surface area contributed by atoms with Crippen molar-refractivity contribution in [2.24, 2.45) is 40.6 Å². The minimum absolute atomic E-state index is 0.0617. The van der Waals surface area contributed by atoms with Crippen molar-refractivity contribution in [1.29, 1.82) is 0 Å². The molecule has 4 aliphatic rings.